The minimum atomic E-state index is 0.0693. The number of fused-ring (bicyclic) bond motifs is 1. The summed E-state index contributed by atoms with van der Waals surface area (Å²) in [7, 11) is 3.58. The van der Waals surface area contributed by atoms with Crippen molar-refractivity contribution in [1.82, 2.24) is 9.80 Å². The van der Waals surface area contributed by atoms with Gasteiger partial charge in [0.25, 0.3) is 0 Å². The van der Waals surface area contributed by atoms with Gasteiger partial charge >= 0.3 is 0 Å². The molecule has 4 rings (SSSR count). The van der Waals surface area contributed by atoms with Crippen LogP contribution in [0.5, 0.6) is 17.2 Å². The quantitative estimate of drug-likeness (QED) is 0.667. The average Bonchev–Trinajstić information content (AvgIpc) is 3.39. The van der Waals surface area contributed by atoms with Crippen molar-refractivity contribution in [3.8, 4) is 17.2 Å². The van der Waals surface area contributed by atoms with Gasteiger partial charge in [0, 0.05) is 26.2 Å². The van der Waals surface area contributed by atoms with E-state index in [1.54, 1.807) is 7.11 Å². The second-order valence-electron chi connectivity index (χ2n) is 10.1. The lowest BCUT2D eigenvalue weighted by Gasteiger charge is -2.30. The molecule has 2 aliphatic rings. The van der Waals surface area contributed by atoms with Gasteiger partial charge in [-0.3, -0.25) is 9.69 Å². The zero-order valence-electron chi connectivity index (χ0n) is 19.8. The number of benzene rings is 2. The first-order chi connectivity index (χ1) is 15.2. The molecule has 1 saturated heterocycles. The molecule has 0 aliphatic carbocycles. The minimum Gasteiger partial charge on any atom is -0.497 e. The summed E-state index contributed by atoms with van der Waals surface area (Å²) in [5, 5.41) is 0. The molecular formula is C26H34N2O4. The maximum absolute atomic E-state index is 13.1. The summed E-state index contributed by atoms with van der Waals surface area (Å²) in [6.45, 7) is 8.71. The van der Waals surface area contributed by atoms with Crippen molar-refractivity contribution in [1.29, 1.82) is 0 Å². The number of rotatable bonds is 6. The number of likely N-dealkylation sites (N-methyl/N-ethyl adjacent to an activating group) is 1. The van der Waals surface area contributed by atoms with Crippen LogP contribution < -0.4 is 14.2 Å². The van der Waals surface area contributed by atoms with Crippen molar-refractivity contribution in [3.05, 3.63) is 53.6 Å². The van der Waals surface area contributed by atoms with Gasteiger partial charge in [-0.25, -0.2) is 0 Å². The summed E-state index contributed by atoms with van der Waals surface area (Å²) >= 11 is 0. The Bertz CT molecular complexity index is 951. The average molecular weight is 439 g/mol. The predicted molar refractivity (Wildman–Crippen MR) is 124 cm³/mol. The molecular weight excluding hydrogens is 404 g/mol. The van der Waals surface area contributed by atoms with Crippen LogP contribution >= 0.6 is 0 Å². The van der Waals surface area contributed by atoms with Crippen molar-refractivity contribution in [2.24, 2.45) is 5.41 Å². The van der Waals surface area contributed by atoms with E-state index in [1.807, 2.05) is 30.1 Å². The largest absolute Gasteiger partial charge is 0.497 e. The van der Waals surface area contributed by atoms with E-state index in [2.05, 4.69) is 49.9 Å². The molecule has 172 valence electrons. The number of likely N-dealkylation sites (tertiary alicyclic amines) is 1. The number of carbonyl (C=O) groups is 1. The second-order valence-corrected chi connectivity index (χ2v) is 10.1. The fraction of sp³-hybridized carbons (Fsp3) is 0.500. The van der Waals surface area contributed by atoms with E-state index < -0.39 is 0 Å². The van der Waals surface area contributed by atoms with Gasteiger partial charge in [-0.15, -0.1) is 0 Å². The molecule has 2 aromatic rings. The van der Waals surface area contributed by atoms with Gasteiger partial charge in [-0.2, -0.15) is 0 Å². The Morgan fingerprint density at radius 3 is 2.47 bits per heavy atom. The van der Waals surface area contributed by atoms with Crippen LogP contribution in [0.4, 0.5) is 0 Å². The van der Waals surface area contributed by atoms with E-state index in [4.69, 9.17) is 14.2 Å². The third-order valence-electron chi connectivity index (χ3n) is 6.25. The third kappa shape index (κ3) is 5.01. The molecule has 32 heavy (non-hydrogen) atoms. The Labute approximate surface area is 191 Å². The lowest BCUT2D eigenvalue weighted by Crippen LogP contribution is -2.41. The molecule has 0 N–H and O–H groups in total. The van der Waals surface area contributed by atoms with E-state index in [-0.39, 0.29) is 24.2 Å². The van der Waals surface area contributed by atoms with Gasteiger partial charge in [0.15, 0.2) is 11.5 Å². The van der Waals surface area contributed by atoms with E-state index in [0.717, 1.165) is 36.8 Å². The molecule has 6 nitrogen and oxygen atoms in total. The minimum absolute atomic E-state index is 0.0693. The molecule has 1 fully saturated rings. The van der Waals surface area contributed by atoms with Crippen LogP contribution in [0.15, 0.2) is 42.5 Å². The van der Waals surface area contributed by atoms with Gasteiger partial charge in [0.05, 0.1) is 13.7 Å². The summed E-state index contributed by atoms with van der Waals surface area (Å²) in [6, 6.07) is 14.6. The van der Waals surface area contributed by atoms with E-state index in [9.17, 15) is 4.79 Å². The van der Waals surface area contributed by atoms with Crippen LogP contribution in [0.1, 0.15) is 50.3 Å². The smallest absolute Gasteiger partial charge is 0.236 e. The number of carbonyl (C=O) groups excluding carboxylic acids is 1. The highest BCUT2D eigenvalue weighted by Crippen LogP contribution is 2.43. The first-order valence-corrected chi connectivity index (χ1v) is 11.2. The molecule has 2 aliphatic heterocycles. The summed E-state index contributed by atoms with van der Waals surface area (Å²) in [4.78, 5) is 17.3. The molecule has 0 radical (unpaired) electrons. The lowest BCUT2D eigenvalue weighted by molar-refractivity contribution is -0.132. The lowest BCUT2D eigenvalue weighted by atomic mass is 9.93. The molecule has 2 aromatic carbocycles. The number of ether oxygens (including phenoxy) is 3. The molecule has 6 heteroatoms. The predicted octanol–water partition coefficient (Wildman–Crippen LogP) is 4.46. The van der Waals surface area contributed by atoms with Crippen LogP contribution in [-0.2, 0) is 4.79 Å². The van der Waals surface area contributed by atoms with Gasteiger partial charge in [0.1, 0.15) is 5.75 Å². The second kappa shape index (κ2) is 9.02. The molecule has 2 heterocycles. The first kappa shape index (κ1) is 22.5. The molecule has 0 aromatic heterocycles. The highest BCUT2D eigenvalue weighted by Gasteiger charge is 2.36. The molecule has 0 bridgehead atoms. The van der Waals surface area contributed by atoms with Gasteiger partial charge in [0.2, 0.25) is 12.7 Å². The number of nitrogens with zero attached hydrogens (tertiary/aromatic N) is 2. The molecule has 2 atom stereocenters. The normalized spacial score (nSPS) is 20.4. The number of methoxy groups -OCH3 is 1. The fourth-order valence-corrected chi connectivity index (χ4v) is 4.75. The third-order valence-corrected chi connectivity index (χ3v) is 6.25. The standard InChI is InChI=1S/C26H34N2O4/c1-26(2,3)16-27(4)25(29)15-28-14-20(19-8-11-23-24(13-19)32-17-31-23)12-22(28)18-6-9-21(30-5)10-7-18/h6-11,13,20,22H,12,14-17H2,1-5H3/t20-,22+/m0/s1. The van der Waals surface area contributed by atoms with Crippen LogP contribution in [0.3, 0.4) is 0 Å². The maximum Gasteiger partial charge on any atom is 0.236 e. The molecule has 0 spiro atoms. The highest BCUT2D eigenvalue weighted by molar-refractivity contribution is 5.78. The van der Waals surface area contributed by atoms with Crippen LogP contribution in [-0.4, -0.2) is 56.3 Å². The van der Waals surface area contributed by atoms with Crippen molar-refractivity contribution in [2.75, 3.05) is 40.6 Å². The Kier molecular flexibility index (Phi) is 6.33. The Morgan fingerprint density at radius 1 is 1.09 bits per heavy atom. The number of hydrogen-bond donors (Lipinski definition) is 0. The Morgan fingerprint density at radius 2 is 1.78 bits per heavy atom. The van der Waals surface area contributed by atoms with Crippen molar-refractivity contribution >= 4 is 5.91 Å². The highest BCUT2D eigenvalue weighted by atomic mass is 16.7. The number of hydrogen-bond acceptors (Lipinski definition) is 5. The van der Waals surface area contributed by atoms with E-state index in [0.29, 0.717) is 12.5 Å². The Balaban J connectivity index is 1.55. The zero-order valence-corrected chi connectivity index (χ0v) is 19.8. The summed E-state index contributed by atoms with van der Waals surface area (Å²) in [5.74, 6) is 2.92. The zero-order chi connectivity index (χ0) is 22.9. The molecule has 0 unspecified atom stereocenters. The van der Waals surface area contributed by atoms with Gasteiger partial charge in [-0.05, 0) is 53.1 Å². The van der Waals surface area contributed by atoms with Crippen molar-refractivity contribution in [3.63, 3.8) is 0 Å². The van der Waals surface area contributed by atoms with E-state index in [1.165, 1.54) is 11.1 Å². The molecule has 1 amide bonds. The first-order valence-electron chi connectivity index (χ1n) is 11.2. The summed E-state index contributed by atoms with van der Waals surface area (Å²) in [6.07, 6.45) is 0.947. The van der Waals surface area contributed by atoms with E-state index >= 15 is 0 Å². The monoisotopic (exact) mass is 438 g/mol. The maximum atomic E-state index is 13.1. The fourth-order valence-electron chi connectivity index (χ4n) is 4.75. The van der Waals surface area contributed by atoms with Crippen LogP contribution in [0, 0.1) is 5.41 Å². The van der Waals surface area contributed by atoms with Gasteiger partial charge < -0.3 is 19.1 Å². The van der Waals surface area contributed by atoms with Crippen LogP contribution in [0.25, 0.3) is 0 Å². The molecule has 0 saturated carbocycles. The summed E-state index contributed by atoms with van der Waals surface area (Å²) < 4.78 is 16.4. The SMILES string of the molecule is COc1ccc([C@H]2C[C@H](c3ccc4c(c3)OCO4)CN2CC(=O)N(C)CC(C)(C)C)cc1. The van der Waals surface area contributed by atoms with Crippen LogP contribution in [0.2, 0.25) is 0 Å². The van der Waals surface area contributed by atoms with Crippen molar-refractivity contribution < 1.29 is 19.0 Å². The number of amides is 1. The topological polar surface area (TPSA) is 51.2 Å². The summed E-state index contributed by atoms with van der Waals surface area (Å²) in [5.41, 5.74) is 2.51. The Hall–Kier alpha value is -2.73. The van der Waals surface area contributed by atoms with Crippen molar-refractivity contribution in [2.45, 2.75) is 39.2 Å². The van der Waals surface area contributed by atoms with Gasteiger partial charge in [-0.1, -0.05) is 39.0 Å².